The van der Waals surface area contributed by atoms with Crippen molar-refractivity contribution >= 4 is 46.8 Å². The normalized spacial score (nSPS) is 7.65. The van der Waals surface area contributed by atoms with Gasteiger partial charge >= 0.3 is 23.1 Å². The largest absolute Gasteiger partial charge is 2.00 e. The van der Waals surface area contributed by atoms with Crippen LogP contribution in [0.4, 0.5) is 0 Å². The maximum absolute atomic E-state index is 9.95. The molecule has 0 bridgehead atoms. The number of carbonyl (C=O) groups excluding carboxylic acids is 4. The maximum Gasteiger partial charge on any atom is 2.00 e. The van der Waals surface area contributed by atoms with E-state index < -0.39 is 25.0 Å². The van der Waals surface area contributed by atoms with Gasteiger partial charge in [0.05, 0.1) is 25.0 Å². The Bertz CT molecular complexity index is 225. The average Bonchev–Trinajstić information content (AvgIpc) is 2.12. The zero-order valence-electron chi connectivity index (χ0n) is 9.57. The number of rotatable bonds is 4. The van der Waals surface area contributed by atoms with Crippen molar-refractivity contribution in [2.45, 2.75) is 13.8 Å². The van der Waals surface area contributed by atoms with Crippen LogP contribution >= 0.6 is 0 Å². The van der Waals surface area contributed by atoms with Crippen molar-refractivity contribution in [2.24, 2.45) is 0 Å². The van der Waals surface area contributed by atoms with E-state index in [0.29, 0.717) is 0 Å². The number of carboxylic acids is 2. The summed E-state index contributed by atoms with van der Waals surface area (Å²) in [5, 5.41) is 23.2. The van der Waals surface area contributed by atoms with Crippen LogP contribution in [0.1, 0.15) is 13.8 Å². The molecule has 92 valence electrons. The van der Waals surface area contributed by atoms with Crippen LogP contribution in [0, 0.1) is 0 Å². The smallest absolute Gasteiger partial charge is 0.548 e. The molecule has 8 nitrogen and oxygen atoms in total. The van der Waals surface area contributed by atoms with Gasteiger partial charge in [0.2, 0.25) is 11.8 Å². The predicted molar refractivity (Wildman–Crippen MR) is 53.1 cm³/mol. The van der Waals surface area contributed by atoms with Gasteiger partial charge in [-0.05, 0) is 0 Å². The SMILES string of the molecule is CC(=O)NCC(=O)[O-].CC(=O)NCC(=O)[O-].[Mg+2]. The van der Waals surface area contributed by atoms with Gasteiger partial charge in [0, 0.05) is 13.8 Å². The third kappa shape index (κ3) is 31.3. The molecule has 0 unspecified atom stereocenters. The maximum atomic E-state index is 9.95. The molecule has 0 rings (SSSR count). The van der Waals surface area contributed by atoms with Crippen LogP contribution in [-0.4, -0.2) is 59.9 Å². The second-order valence-corrected chi connectivity index (χ2v) is 2.56. The molecule has 0 aliphatic rings. The molecule has 0 atom stereocenters. The molecule has 2 amide bonds. The first-order chi connectivity index (χ1) is 7.25. The molecular weight excluding hydrogens is 244 g/mol. The summed E-state index contributed by atoms with van der Waals surface area (Å²) in [4.78, 5) is 39.0. The number of amides is 2. The van der Waals surface area contributed by atoms with E-state index in [1.165, 1.54) is 13.8 Å². The van der Waals surface area contributed by atoms with Gasteiger partial charge in [0.25, 0.3) is 0 Å². The minimum Gasteiger partial charge on any atom is -0.548 e. The Morgan fingerprint density at radius 1 is 0.824 bits per heavy atom. The predicted octanol–water partition coefficient (Wildman–Crippen LogP) is -4.64. The summed E-state index contributed by atoms with van der Waals surface area (Å²) in [6.07, 6.45) is 0. The van der Waals surface area contributed by atoms with Gasteiger partial charge in [-0.1, -0.05) is 0 Å². The van der Waals surface area contributed by atoms with Gasteiger partial charge in [-0.3, -0.25) is 9.59 Å². The summed E-state index contributed by atoms with van der Waals surface area (Å²) in [7, 11) is 0. The number of nitrogens with one attached hydrogen (secondary N) is 2. The molecule has 0 saturated heterocycles. The summed E-state index contributed by atoms with van der Waals surface area (Å²) in [6.45, 7) is 1.66. The molecule has 0 aliphatic heterocycles. The Balaban J connectivity index is -0.000000218. The number of hydrogen-bond acceptors (Lipinski definition) is 6. The fourth-order valence-electron chi connectivity index (χ4n) is 0.393. The van der Waals surface area contributed by atoms with E-state index in [9.17, 15) is 29.4 Å². The minimum absolute atomic E-state index is 0. The van der Waals surface area contributed by atoms with Crippen LogP contribution in [0.5, 0.6) is 0 Å². The van der Waals surface area contributed by atoms with Gasteiger partial charge < -0.3 is 30.4 Å². The second kappa shape index (κ2) is 12.7. The van der Waals surface area contributed by atoms with Crippen molar-refractivity contribution < 1.29 is 29.4 Å². The second-order valence-electron chi connectivity index (χ2n) is 2.56. The summed E-state index contributed by atoms with van der Waals surface area (Å²) in [5.74, 6) is -3.29. The molecule has 17 heavy (non-hydrogen) atoms. The van der Waals surface area contributed by atoms with Crippen LogP contribution < -0.4 is 20.8 Å². The van der Waals surface area contributed by atoms with Gasteiger partial charge in [0.1, 0.15) is 0 Å². The van der Waals surface area contributed by atoms with E-state index in [-0.39, 0.29) is 34.9 Å². The quantitative estimate of drug-likeness (QED) is 0.485. The number of carboxylic acid groups (broad SMARTS) is 2. The van der Waals surface area contributed by atoms with Gasteiger partial charge in [-0.2, -0.15) is 0 Å². The third-order valence-corrected chi connectivity index (χ3v) is 0.963. The van der Waals surface area contributed by atoms with E-state index >= 15 is 0 Å². The van der Waals surface area contributed by atoms with Crippen molar-refractivity contribution in [1.29, 1.82) is 0 Å². The Kier molecular flexibility index (Phi) is 15.7. The summed E-state index contributed by atoms with van der Waals surface area (Å²) in [5.41, 5.74) is 0. The third-order valence-electron chi connectivity index (χ3n) is 0.963. The van der Waals surface area contributed by atoms with Crippen molar-refractivity contribution in [2.75, 3.05) is 13.1 Å². The summed E-state index contributed by atoms with van der Waals surface area (Å²) in [6, 6.07) is 0. The van der Waals surface area contributed by atoms with Crippen LogP contribution in [0.25, 0.3) is 0 Å². The standard InChI is InChI=1S/2C4H7NO3.Mg/c2*1-3(6)5-2-4(7)8;/h2*2H2,1H3,(H,5,6)(H,7,8);/q;;+2/p-2. The number of aliphatic carboxylic acids is 2. The summed E-state index contributed by atoms with van der Waals surface area (Å²) < 4.78 is 0. The minimum atomic E-state index is -1.28. The Hall–Kier alpha value is -1.35. The van der Waals surface area contributed by atoms with Crippen LogP contribution in [-0.2, 0) is 19.2 Å². The molecular formula is C8H12MgN2O6. The van der Waals surface area contributed by atoms with Gasteiger partial charge in [-0.15, -0.1) is 0 Å². The van der Waals surface area contributed by atoms with E-state index in [2.05, 4.69) is 0 Å². The van der Waals surface area contributed by atoms with Crippen molar-refractivity contribution in [3.05, 3.63) is 0 Å². The molecule has 0 fully saturated rings. The Morgan fingerprint density at radius 3 is 1.12 bits per heavy atom. The van der Waals surface area contributed by atoms with Gasteiger partial charge in [0.15, 0.2) is 0 Å². The van der Waals surface area contributed by atoms with E-state index in [4.69, 9.17) is 0 Å². The first-order valence-electron chi connectivity index (χ1n) is 4.14. The molecule has 0 aliphatic carbocycles. The monoisotopic (exact) mass is 256 g/mol. The molecule has 0 heterocycles. The molecule has 2 N–H and O–H groups in total. The average molecular weight is 256 g/mol. The van der Waals surface area contributed by atoms with E-state index in [1.807, 2.05) is 10.6 Å². The molecule has 0 radical (unpaired) electrons. The molecule has 0 aromatic carbocycles. The van der Waals surface area contributed by atoms with Crippen LogP contribution in [0.2, 0.25) is 0 Å². The number of carbonyl (C=O) groups is 4. The summed E-state index contributed by atoms with van der Waals surface area (Å²) >= 11 is 0. The molecule has 0 aromatic rings. The zero-order chi connectivity index (χ0) is 13.1. The first-order valence-corrected chi connectivity index (χ1v) is 4.14. The Morgan fingerprint density at radius 2 is 1.06 bits per heavy atom. The van der Waals surface area contributed by atoms with Crippen LogP contribution in [0.15, 0.2) is 0 Å². The fraction of sp³-hybridized carbons (Fsp3) is 0.500. The van der Waals surface area contributed by atoms with Gasteiger partial charge in [-0.25, -0.2) is 0 Å². The molecule has 0 spiro atoms. The van der Waals surface area contributed by atoms with Crippen molar-refractivity contribution in [3.8, 4) is 0 Å². The Labute approximate surface area is 114 Å². The zero-order valence-corrected chi connectivity index (χ0v) is 11.0. The fourth-order valence-corrected chi connectivity index (χ4v) is 0.393. The van der Waals surface area contributed by atoms with E-state index in [1.54, 1.807) is 0 Å². The molecule has 0 aromatic heterocycles. The van der Waals surface area contributed by atoms with Crippen molar-refractivity contribution in [3.63, 3.8) is 0 Å². The van der Waals surface area contributed by atoms with Crippen molar-refractivity contribution in [1.82, 2.24) is 10.6 Å². The van der Waals surface area contributed by atoms with E-state index in [0.717, 1.165) is 0 Å². The topological polar surface area (TPSA) is 138 Å². The first kappa shape index (κ1) is 21.0. The number of hydrogen-bond donors (Lipinski definition) is 2. The van der Waals surface area contributed by atoms with Crippen LogP contribution in [0.3, 0.4) is 0 Å². The molecule has 0 saturated carbocycles. The molecule has 9 heteroatoms.